The molecule has 3 heterocycles. The fourth-order valence-corrected chi connectivity index (χ4v) is 2.86. The summed E-state index contributed by atoms with van der Waals surface area (Å²) in [6.07, 6.45) is 3.42. The van der Waals surface area contributed by atoms with E-state index in [1.54, 1.807) is 43.4 Å². The van der Waals surface area contributed by atoms with Crippen molar-refractivity contribution in [3.05, 3.63) is 48.8 Å². The normalized spacial score (nSPS) is 10.5. The molecule has 3 aromatic rings. The summed E-state index contributed by atoms with van der Waals surface area (Å²) in [4.78, 5) is 33.8. The van der Waals surface area contributed by atoms with Crippen molar-refractivity contribution in [1.82, 2.24) is 24.6 Å². The number of aromatic nitrogens is 4. The van der Waals surface area contributed by atoms with Gasteiger partial charge in [0.2, 0.25) is 17.7 Å². The van der Waals surface area contributed by atoms with Crippen LogP contribution in [0.25, 0.3) is 17.1 Å². The number of amides is 2. The minimum Gasteiger partial charge on any atom is -0.481 e. The number of carbonyl (C=O) groups excluding carboxylic acids is 2. The van der Waals surface area contributed by atoms with Crippen molar-refractivity contribution < 1.29 is 14.3 Å². The lowest BCUT2D eigenvalue weighted by Gasteiger charge is -2.14. The third-order valence-electron chi connectivity index (χ3n) is 4.29. The highest BCUT2D eigenvalue weighted by atomic mass is 35.5. The third-order valence-corrected chi connectivity index (χ3v) is 4.52. The van der Waals surface area contributed by atoms with Crippen LogP contribution in [0.15, 0.2) is 48.8 Å². The minimum absolute atomic E-state index is 0.119. The Kier molecular flexibility index (Phi) is 6.97. The first-order chi connectivity index (χ1) is 14.5. The molecule has 0 saturated heterocycles. The van der Waals surface area contributed by atoms with Gasteiger partial charge in [-0.1, -0.05) is 6.07 Å². The Morgan fingerprint density at radius 1 is 1.23 bits per heavy atom. The zero-order valence-corrected chi connectivity index (χ0v) is 17.3. The Bertz CT molecular complexity index is 1010. The van der Waals surface area contributed by atoms with Crippen LogP contribution in [-0.4, -0.2) is 63.0 Å². The number of anilines is 1. The molecule has 0 radical (unpaired) electrons. The summed E-state index contributed by atoms with van der Waals surface area (Å²) in [7, 11) is 3.14. The molecular weight excluding hydrogens is 408 g/mol. The molecule has 0 aliphatic carbocycles. The van der Waals surface area contributed by atoms with Gasteiger partial charge in [-0.15, -0.1) is 16.7 Å². The zero-order valence-electron chi connectivity index (χ0n) is 16.6. The summed E-state index contributed by atoms with van der Waals surface area (Å²) in [6.45, 7) is 0.258. The number of nitrogens with one attached hydrogen (secondary N) is 1. The maximum Gasteiger partial charge on any atom is 0.237 e. The second-order valence-electron chi connectivity index (χ2n) is 6.35. The lowest BCUT2D eigenvalue weighted by Crippen LogP contribution is -2.31. The molecule has 10 heteroatoms. The van der Waals surface area contributed by atoms with Crippen molar-refractivity contribution in [2.75, 3.05) is 31.9 Å². The van der Waals surface area contributed by atoms with Gasteiger partial charge in [0.15, 0.2) is 5.82 Å². The van der Waals surface area contributed by atoms with Gasteiger partial charge in [-0.3, -0.25) is 14.6 Å². The summed E-state index contributed by atoms with van der Waals surface area (Å²) in [5.74, 6) is 0.219. The summed E-state index contributed by atoms with van der Waals surface area (Å²) in [6, 6.07) is 10.8. The van der Waals surface area contributed by atoms with Crippen LogP contribution in [0.1, 0.15) is 6.42 Å². The number of alkyl halides is 1. The van der Waals surface area contributed by atoms with Crippen LogP contribution in [0, 0.1) is 0 Å². The second-order valence-corrected chi connectivity index (χ2v) is 6.61. The van der Waals surface area contributed by atoms with E-state index in [1.807, 2.05) is 24.3 Å². The van der Waals surface area contributed by atoms with Crippen molar-refractivity contribution in [2.24, 2.45) is 0 Å². The molecule has 2 amide bonds. The van der Waals surface area contributed by atoms with Gasteiger partial charge in [-0.05, 0) is 18.2 Å². The van der Waals surface area contributed by atoms with E-state index in [4.69, 9.17) is 16.3 Å². The lowest BCUT2D eigenvalue weighted by molar-refractivity contribution is -0.127. The number of rotatable bonds is 8. The van der Waals surface area contributed by atoms with E-state index in [0.717, 1.165) is 0 Å². The van der Waals surface area contributed by atoms with Gasteiger partial charge in [-0.2, -0.15) is 0 Å². The Labute approximate surface area is 178 Å². The molecule has 30 heavy (non-hydrogen) atoms. The quantitative estimate of drug-likeness (QED) is 0.552. The predicted molar refractivity (Wildman–Crippen MR) is 113 cm³/mol. The van der Waals surface area contributed by atoms with E-state index < -0.39 is 0 Å². The highest BCUT2D eigenvalue weighted by molar-refractivity contribution is 6.27. The van der Waals surface area contributed by atoms with Gasteiger partial charge in [0.25, 0.3) is 0 Å². The number of pyridine rings is 2. The first-order valence-electron chi connectivity index (χ1n) is 9.13. The van der Waals surface area contributed by atoms with E-state index in [0.29, 0.717) is 28.8 Å². The number of hydrogen-bond acceptors (Lipinski definition) is 6. The molecule has 0 unspecified atom stereocenters. The van der Waals surface area contributed by atoms with E-state index in [9.17, 15) is 9.59 Å². The van der Waals surface area contributed by atoms with Gasteiger partial charge in [0, 0.05) is 38.3 Å². The monoisotopic (exact) mass is 428 g/mol. The molecule has 1 N–H and O–H groups in total. The SMILES string of the molecule is COc1ccc(-n2nc(NC(=O)CCN(C)C(=O)CCl)cc2-c2ccccn2)cn1. The molecule has 9 nitrogen and oxygen atoms in total. The number of methoxy groups -OCH3 is 1. The fourth-order valence-electron chi connectivity index (χ4n) is 2.66. The third kappa shape index (κ3) is 5.12. The van der Waals surface area contributed by atoms with Gasteiger partial charge in [0.05, 0.1) is 30.4 Å². The fraction of sp³-hybridized carbons (Fsp3) is 0.250. The Morgan fingerprint density at radius 2 is 2.07 bits per heavy atom. The van der Waals surface area contributed by atoms with Gasteiger partial charge in [0.1, 0.15) is 5.88 Å². The maximum atomic E-state index is 12.3. The summed E-state index contributed by atoms with van der Waals surface area (Å²) in [5.41, 5.74) is 2.06. The molecule has 0 saturated carbocycles. The lowest BCUT2D eigenvalue weighted by atomic mass is 10.2. The van der Waals surface area contributed by atoms with E-state index in [2.05, 4.69) is 20.4 Å². The van der Waals surface area contributed by atoms with Crippen molar-refractivity contribution in [2.45, 2.75) is 6.42 Å². The smallest absolute Gasteiger partial charge is 0.237 e. The van der Waals surface area contributed by atoms with Gasteiger partial charge < -0.3 is 15.0 Å². The first kappa shape index (κ1) is 21.3. The number of carbonyl (C=O) groups is 2. The van der Waals surface area contributed by atoms with Crippen LogP contribution in [-0.2, 0) is 9.59 Å². The van der Waals surface area contributed by atoms with Crippen LogP contribution in [0.2, 0.25) is 0 Å². The average molecular weight is 429 g/mol. The molecule has 0 aliphatic heterocycles. The standard InChI is InChI=1S/C20H21ClN6O3/c1-26(20(29)12-21)10-8-18(28)24-17-11-16(15-5-3-4-9-22-15)27(25-17)14-6-7-19(30-2)23-13-14/h3-7,9,11,13H,8,10,12H2,1-2H3,(H,24,25,28). The minimum atomic E-state index is -0.269. The second kappa shape index (κ2) is 9.84. The topological polar surface area (TPSA) is 102 Å². The van der Waals surface area contributed by atoms with E-state index in [1.165, 1.54) is 4.90 Å². The highest BCUT2D eigenvalue weighted by Crippen LogP contribution is 2.25. The van der Waals surface area contributed by atoms with Crippen LogP contribution in [0.3, 0.4) is 0 Å². The number of nitrogens with zero attached hydrogens (tertiary/aromatic N) is 5. The molecule has 0 aromatic carbocycles. The predicted octanol–water partition coefficient (Wildman–Crippen LogP) is 2.36. The molecule has 0 spiro atoms. The Morgan fingerprint density at radius 3 is 2.70 bits per heavy atom. The molecule has 3 aromatic heterocycles. The molecule has 0 bridgehead atoms. The number of hydrogen-bond donors (Lipinski definition) is 1. The molecule has 3 rings (SSSR count). The molecule has 0 atom stereocenters. The molecule has 0 aliphatic rings. The first-order valence-corrected chi connectivity index (χ1v) is 9.67. The largest absolute Gasteiger partial charge is 0.481 e. The molecular formula is C20H21ClN6O3. The number of ether oxygens (including phenoxy) is 1. The average Bonchev–Trinajstić information content (AvgIpc) is 3.21. The van der Waals surface area contributed by atoms with Crippen LogP contribution >= 0.6 is 11.6 Å². The Hall–Kier alpha value is -3.46. The van der Waals surface area contributed by atoms with Crippen LogP contribution in [0.5, 0.6) is 5.88 Å². The van der Waals surface area contributed by atoms with E-state index >= 15 is 0 Å². The van der Waals surface area contributed by atoms with Crippen molar-refractivity contribution in [1.29, 1.82) is 0 Å². The van der Waals surface area contributed by atoms with E-state index in [-0.39, 0.29) is 30.7 Å². The summed E-state index contributed by atoms with van der Waals surface area (Å²) >= 11 is 5.52. The van der Waals surface area contributed by atoms with Crippen molar-refractivity contribution >= 4 is 29.2 Å². The summed E-state index contributed by atoms with van der Waals surface area (Å²) in [5, 5.41) is 7.26. The highest BCUT2D eigenvalue weighted by Gasteiger charge is 2.16. The summed E-state index contributed by atoms with van der Waals surface area (Å²) < 4.78 is 6.75. The van der Waals surface area contributed by atoms with Crippen LogP contribution < -0.4 is 10.1 Å². The Balaban J connectivity index is 1.83. The zero-order chi connectivity index (χ0) is 21.5. The van der Waals surface area contributed by atoms with Gasteiger partial charge in [-0.25, -0.2) is 9.67 Å². The van der Waals surface area contributed by atoms with Crippen molar-refractivity contribution in [3.8, 4) is 23.0 Å². The molecule has 156 valence electrons. The van der Waals surface area contributed by atoms with Crippen LogP contribution in [0.4, 0.5) is 5.82 Å². The number of halogens is 1. The maximum absolute atomic E-state index is 12.3. The van der Waals surface area contributed by atoms with Gasteiger partial charge >= 0.3 is 0 Å². The molecule has 0 fully saturated rings. The van der Waals surface area contributed by atoms with Crippen molar-refractivity contribution in [3.63, 3.8) is 0 Å².